The number of hydrogen-bond donors (Lipinski definition) is 0. The van der Waals surface area contributed by atoms with Crippen LogP contribution in [0.25, 0.3) is 5.52 Å². The van der Waals surface area contributed by atoms with Crippen molar-refractivity contribution in [3.63, 3.8) is 0 Å². The van der Waals surface area contributed by atoms with Crippen LogP contribution in [0.4, 0.5) is 0 Å². The summed E-state index contributed by atoms with van der Waals surface area (Å²) in [6.07, 6.45) is 6.58. The minimum atomic E-state index is -0.155. The maximum absolute atomic E-state index is 12.7. The fourth-order valence-corrected chi connectivity index (χ4v) is 3.70. The third kappa shape index (κ3) is 2.62. The van der Waals surface area contributed by atoms with Crippen LogP contribution in [0.3, 0.4) is 0 Å². The molecule has 1 aliphatic heterocycles. The number of fused-ring (bicyclic) bond motifs is 2. The summed E-state index contributed by atoms with van der Waals surface area (Å²) in [6, 6.07) is 10.1. The van der Waals surface area contributed by atoms with Crippen LogP contribution in [-0.2, 0) is 24.3 Å². The molecule has 26 heavy (non-hydrogen) atoms. The molecular formula is C20H20N4O2. The molecule has 5 rings (SSSR count). The Labute approximate surface area is 150 Å². The van der Waals surface area contributed by atoms with E-state index in [9.17, 15) is 9.59 Å². The highest BCUT2D eigenvalue weighted by Crippen LogP contribution is 2.39. The van der Waals surface area contributed by atoms with Crippen molar-refractivity contribution in [3.8, 4) is 0 Å². The number of carbonyl (C=O) groups excluding carboxylic acids is 1. The first-order chi connectivity index (χ1) is 12.7. The van der Waals surface area contributed by atoms with Gasteiger partial charge in [0.2, 0.25) is 5.91 Å². The molecule has 3 heterocycles. The van der Waals surface area contributed by atoms with Crippen molar-refractivity contribution < 1.29 is 4.79 Å². The van der Waals surface area contributed by atoms with Gasteiger partial charge in [-0.15, -0.1) is 0 Å². The van der Waals surface area contributed by atoms with Crippen LogP contribution in [0.5, 0.6) is 0 Å². The van der Waals surface area contributed by atoms with E-state index in [2.05, 4.69) is 17.2 Å². The minimum Gasteiger partial charge on any atom is -0.336 e. The minimum absolute atomic E-state index is 0.0205. The average Bonchev–Trinajstić information content (AvgIpc) is 3.42. The molecule has 1 aromatic carbocycles. The normalized spacial score (nSPS) is 16.7. The SMILES string of the molecule is O=C(Cn1ccn2nc(C3CC3)cc2c1=O)N1CCc2ccccc2C1. The molecular weight excluding hydrogens is 328 g/mol. The first-order valence-electron chi connectivity index (χ1n) is 9.12. The molecule has 1 fully saturated rings. The van der Waals surface area contributed by atoms with Gasteiger partial charge in [0.05, 0.1) is 5.69 Å². The molecule has 0 N–H and O–H groups in total. The second-order valence-electron chi connectivity index (χ2n) is 7.24. The summed E-state index contributed by atoms with van der Waals surface area (Å²) in [6.45, 7) is 1.39. The summed E-state index contributed by atoms with van der Waals surface area (Å²) in [5.74, 6) is 0.477. The second-order valence-corrected chi connectivity index (χ2v) is 7.24. The van der Waals surface area contributed by atoms with Gasteiger partial charge < -0.3 is 9.47 Å². The third-order valence-corrected chi connectivity index (χ3v) is 5.41. The molecule has 0 saturated heterocycles. The van der Waals surface area contributed by atoms with E-state index in [4.69, 9.17) is 0 Å². The summed E-state index contributed by atoms with van der Waals surface area (Å²) in [4.78, 5) is 27.3. The number of carbonyl (C=O) groups is 1. The van der Waals surface area contributed by atoms with Crippen LogP contribution < -0.4 is 5.56 Å². The van der Waals surface area contributed by atoms with Crippen molar-refractivity contribution in [1.82, 2.24) is 19.1 Å². The molecule has 1 aliphatic carbocycles. The Morgan fingerprint density at radius 2 is 1.96 bits per heavy atom. The molecule has 132 valence electrons. The Morgan fingerprint density at radius 3 is 2.77 bits per heavy atom. The van der Waals surface area contributed by atoms with Gasteiger partial charge in [-0.1, -0.05) is 24.3 Å². The molecule has 3 aromatic rings. The average molecular weight is 348 g/mol. The Hall–Kier alpha value is -2.89. The topological polar surface area (TPSA) is 59.6 Å². The number of rotatable bonds is 3. The molecule has 6 heteroatoms. The van der Waals surface area contributed by atoms with Crippen molar-refractivity contribution in [2.45, 2.75) is 38.3 Å². The zero-order valence-corrected chi connectivity index (χ0v) is 14.5. The van der Waals surface area contributed by atoms with Crippen molar-refractivity contribution in [3.05, 3.63) is 69.9 Å². The van der Waals surface area contributed by atoms with Crippen molar-refractivity contribution in [2.75, 3.05) is 6.54 Å². The highest BCUT2D eigenvalue weighted by Gasteiger charge is 2.27. The van der Waals surface area contributed by atoms with Crippen LogP contribution in [0.15, 0.2) is 47.5 Å². The highest BCUT2D eigenvalue weighted by molar-refractivity contribution is 5.76. The van der Waals surface area contributed by atoms with Crippen LogP contribution in [0, 0.1) is 0 Å². The molecule has 1 amide bonds. The van der Waals surface area contributed by atoms with E-state index in [0.717, 1.165) is 25.0 Å². The highest BCUT2D eigenvalue weighted by atomic mass is 16.2. The Bertz CT molecular complexity index is 1060. The van der Waals surface area contributed by atoms with Crippen LogP contribution >= 0.6 is 0 Å². The Kier molecular flexibility index (Phi) is 3.45. The van der Waals surface area contributed by atoms with Gasteiger partial charge in [0, 0.05) is 31.4 Å². The number of nitrogens with zero attached hydrogens (tertiary/aromatic N) is 4. The maximum atomic E-state index is 12.7. The lowest BCUT2D eigenvalue weighted by molar-refractivity contribution is -0.132. The predicted molar refractivity (Wildman–Crippen MR) is 97.0 cm³/mol. The van der Waals surface area contributed by atoms with Gasteiger partial charge in [0.25, 0.3) is 5.56 Å². The number of aromatic nitrogens is 3. The molecule has 2 aliphatic rings. The standard InChI is InChI=1S/C20H20N4O2/c25-19(22-8-7-14-3-1-2-4-16(14)12-22)13-23-9-10-24-18(20(23)26)11-17(21-24)15-5-6-15/h1-4,9-11,15H,5-8,12-13H2. The molecule has 0 bridgehead atoms. The summed E-state index contributed by atoms with van der Waals surface area (Å²) in [5.41, 5.74) is 3.88. The van der Waals surface area contributed by atoms with E-state index in [0.29, 0.717) is 24.5 Å². The molecule has 2 aromatic heterocycles. The van der Waals surface area contributed by atoms with Crippen LogP contribution in [0.1, 0.15) is 35.6 Å². The summed E-state index contributed by atoms with van der Waals surface area (Å²) in [7, 11) is 0. The monoisotopic (exact) mass is 348 g/mol. The molecule has 6 nitrogen and oxygen atoms in total. The van der Waals surface area contributed by atoms with Crippen LogP contribution in [-0.4, -0.2) is 31.5 Å². The van der Waals surface area contributed by atoms with Gasteiger partial charge >= 0.3 is 0 Å². The van der Waals surface area contributed by atoms with Gasteiger partial charge in [-0.25, -0.2) is 4.52 Å². The van der Waals surface area contributed by atoms with E-state index in [1.54, 1.807) is 16.9 Å². The number of amides is 1. The largest absolute Gasteiger partial charge is 0.336 e. The van der Waals surface area contributed by atoms with Gasteiger partial charge in [-0.3, -0.25) is 9.59 Å². The van der Waals surface area contributed by atoms with Crippen molar-refractivity contribution in [1.29, 1.82) is 0 Å². The van der Waals surface area contributed by atoms with Gasteiger partial charge in [0.1, 0.15) is 12.1 Å². The van der Waals surface area contributed by atoms with Crippen molar-refractivity contribution >= 4 is 11.4 Å². The fourth-order valence-electron chi connectivity index (χ4n) is 3.70. The molecule has 0 radical (unpaired) electrons. The zero-order valence-electron chi connectivity index (χ0n) is 14.5. The zero-order chi connectivity index (χ0) is 17.7. The van der Waals surface area contributed by atoms with Gasteiger partial charge in [0.15, 0.2) is 0 Å². The number of benzene rings is 1. The Balaban J connectivity index is 1.38. The van der Waals surface area contributed by atoms with Gasteiger partial charge in [-0.2, -0.15) is 5.10 Å². The molecule has 0 atom stereocenters. The smallest absolute Gasteiger partial charge is 0.277 e. The Morgan fingerprint density at radius 1 is 1.15 bits per heavy atom. The number of hydrogen-bond acceptors (Lipinski definition) is 3. The fraction of sp³-hybridized carbons (Fsp3) is 0.350. The van der Waals surface area contributed by atoms with E-state index in [-0.39, 0.29) is 18.0 Å². The summed E-state index contributed by atoms with van der Waals surface area (Å²) in [5, 5.41) is 4.48. The second kappa shape index (κ2) is 5.83. The van der Waals surface area contributed by atoms with Crippen LogP contribution in [0.2, 0.25) is 0 Å². The summed E-state index contributed by atoms with van der Waals surface area (Å²) < 4.78 is 3.13. The van der Waals surface area contributed by atoms with Gasteiger partial charge in [-0.05, 0) is 36.5 Å². The quantitative estimate of drug-likeness (QED) is 0.727. The van der Waals surface area contributed by atoms with Crippen molar-refractivity contribution in [2.24, 2.45) is 0 Å². The van der Waals surface area contributed by atoms with E-state index < -0.39 is 0 Å². The summed E-state index contributed by atoms with van der Waals surface area (Å²) >= 11 is 0. The lowest BCUT2D eigenvalue weighted by Gasteiger charge is -2.29. The maximum Gasteiger partial charge on any atom is 0.277 e. The lowest BCUT2D eigenvalue weighted by atomic mass is 10.00. The molecule has 0 unspecified atom stereocenters. The first-order valence-corrected chi connectivity index (χ1v) is 9.12. The van der Waals surface area contributed by atoms with E-state index in [1.165, 1.54) is 15.7 Å². The molecule has 0 spiro atoms. The predicted octanol–water partition coefficient (Wildman–Crippen LogP) is 1.96. The third-order valence-electron chi connectivity index (χ3n) is 5.41. The van der Waals surface area contributed by atoms with E-state index in [1.807, 2.05) is 23.1 Å². The first kappa shape index (κ1) is 15.4. The van der Waals surface area contributed by atoms with E-state index >= 15 is 0 Å². The molecule has 1 saturated carbocycles. The lowest BCUT2D eigenvalue weighted by Crippen LogP contribution is -2.39.